The number of morpholine rings is 1. The fourth-order valence-electron chi connectivity index (χ4n) is 3.62. The minimum atomic E-state index is -0.549. The lowest BCUT2D eigenvalue weighted by atomic mass is 10.0. The third-order valence-corrected chi connectivity index (χ3v) is 5.23. The molecule has 0 bridgehead atoms. The van der Waals surface area contributed by atoms with E-state index in [4.69, 9.17) is 9.15 Å². The van der Waals surface area contributed by atoms with Crippen LogP contribution in [0.2, 0.25) is 0 Å². The Hall–Kier alpha value is -0.920. The van der Waals surface area contributed by atoms with Gasteiger partial charge in [0.1, 0.15) is 11.9 Å². The van der Waals surface area contributed by atoms with Gasteiger partial charge in [0.25, 0.3) is 0 Å². The highest BCUT2D eigenvalue weighted by Gasteiger charge is 2.26. The van der Waals surface area contributed by atoms with E-state index in [0.29, 0.717) is 18.8 Å². The molecule has 3 rings (SSSR count). The summed E-state index contributed by atoms with van der Waals surface area (Å²) in [6.07, 6.45) is 2.91. The maximum Gasteiger partial charge on any atom is 0.132 e. The van der Waals surface area contributed by atoms with E-state index in [2.05, 4.69) is 21.7 Å². The van der Waals surface area contributed by atoms with Crippen molar-refractivity contribution in [1.82, 2.24) is 14.7 Å². The molecular formula is C18H31N3O3. The summed E-state index contributed by atoms with van der Waals surface area (Å²) < 4.78 is 11.0. The number of aliphatic hydroxyl groups is 1. The molecule has 6 heteroatoms. The predicted molar refractivity (Wildman–Crippen MR) is 93.0 cm³/mol. The van der Waals surface area contributed by atoms with Gasteiger partial charge in [-0.05, 0) is 45.1 Å². The standard InChI is InChI=1S/C18H31N3O3/c1-19-7-9-20(10-8-19)5-3-6-21-11-13-23-15-16(21)14-17(22)18-4-2-12-24-18/h2,4,12,16-17,22H,3,5-11,13-15H2,1H3. The monoisotopic (exact) mass is 337 g/mol. The van der Waals surface area contributed by atoms with Crippen LogP contribution >= 0.6 is 0 Å². The van der Waals surface area contributed by atoms with Gasteiger partial charge < -0.3 is 24.1 Å². The minimum Gasteiger partial charge on any atom is -0.467 e. The number of aliphatic hydroxyl groups excluding tert-OH is 1. The van der Waals surface area contributed by atoms with E-state index in [1.165, 1.54) is 39.1 Å². The van der Waals surface area contributed by atoms with Crippen molar-refractivity contribution in [3.8, 4) is 0 Å². The van der Waals surface area contributed by atoms with Crippen LogP contribution in [0.5, 0.6) is 0 Å². The SMILES string of the molecule is CN1CCN(CCCN2CCOCC2CC(O)c2ccco2)CC1. The molecular weight excluding hydrogens is 306 g/mol. The lowest BCUT2D eigenvalue weighted by Gasteiger charge is -2.37. The van der Waals surface area contributed by atoms with Gasteiger partial charge in [-0.3, -0.25) is 4.90 Å². The molecule has 2 unspecified atom stereocenters. The van der Waals surface area contributed by atoms with Gasteiger partial charge in [0.15, 0.2) is 0 Å². The first-order valence-corrected chi connectivity index (χ1v) is 9.16. The normalized spacial score (nSPS) is 25.8. The van der Waals surface area contributed by atoms with Crippen molar-refractivity contribution in [2.24, 2.45) is 0 Å². The third-order valence-electron chi connectivity index (χ3n) is 5.23. The summed E-state index contributed by atoms with van der Waals surface area (Å²) in [7, 11) is 2.19. The van der Waals surface area contributed by atoms with E-state index in [0.717, 1.165) is 19.7 Å². The van der Waals surface area contributed by atoms with Crippen molar-refractivity contribution in [3.63, 3.8) is 0 Å². The first kappa shape index (κ1) is 17.9. The summed E-state index contributed by atoms with van der Waals surface area (Å²) in [6.45, 7) is 9.40. The van der Waals surface area contributed by atoms with E-state index in [-0.39, 0.29) is 6.04 Å². The molecule has 0 radical (unpaired) electrons. The lowest BCUT2D eigenvalue weighted by Crippen LogP contribution is -2.48. The second kappa shape index (κ2) is 8.97. The van der Waals surface area contributed by atoms with Crippen molar-refractivity contribution in [2.45, 2.75) is 25.0 Å². The molecule has 136 valence electrons. The van der Waals surface area contributed by atoms with Crippen LogP contribution in [0.3, 0.4) is 0 Å². The number of hydrogen-bond acceptors (Lipinski definition) is 6. The van der Waals surface area contributed by atoms with Gasteiger partial charge in [-0.25, -0.2) is 0 Å². The molecule has 3 heterocycles. The number of furan rings is 1. The zero-order valence-electron chi connectivity index (χ0n) is 14.8. The Kier molecular flexibility index (Phi) is 6.68. The molecule has 1 N–H and O–H groups in total. The van der Waals surface area contributed by atoms with Crippen molar-refractivity contribution < 1.29 is 14.3 Å². The minimum absolute atomic E-state index is 0.270. The summed E-state index contributed by atoms with van der Waals surface area (Å²) in [5, 5.41) is 10.3. The summed E-state index contributed by atoms with van der Waals surface area (Å²) in [5.41, 5.74) is 0. The van der Waals surface area contributed by atoms with Crippen molar-refractivity contribution >= 4 is 0 Å². The maximum atomic E-state index is 10.3. The van der Waals surface area contributed by atoms with Crippen molar-refractivity contribution in [2.75, 3.05) is 66.1 Å². The maximum absolute atomic E-state index is 10.3. The highest BCUT2D eigenvalue weighted by atomic mass is 16.5. The molecule has 1 aromatic heterocycles. The molecule has 0 aliphatic carbocycles. The molecule has 2 saturated heterocycles. The quantitative estimate of drug-likeness (QED) is 0.802. The third kappa shape index (κ3) is 5.04. The van der Waals surface area contributed by atoms with E-state index < -0.39 is 6.10 Å². The highest BCUT2D eigenvalue weighted by molar-refractivity contribution is 5.02. The average Bonchev–Trinajstić information content (AvgIpc) is 3.13. The zero-order valence-corrected chi connectivity index (χ0v) is 14.8. The molecule has 2 fully saturated rings. The summed E-state index contributed by atoms with van der Waals surface area (Å²) in [4.78, 5) is 7.43. The predicted octanol–water partition coefficient (Wildman–Crippen LogP) is 1.04. The molecule has 0 saturated carbocycles. The van der Waals surface area contributed by atoms with Gasteiger partial charge in [0.05, 0.1) is 19.5 Å². The van der Waals surface area contributed by atoms with E-state index in [9.17, 15) is 5.11 Å². The van der Waals surface area contributed by atoms with Crippen LogP contribution < -0.4 is 0 Å². The van der Waals surface area contributed by atoms with Gasteiger partial charge in [-0.2, -0.15) is 0 Å². The van der Waals surface area contributed by atoms with Crippen LogP contribution in [0.1, 0.15) is 24.7 Å². The van der Waals surface area contributed by atoms with Gasteiger partial charge in [-0.1, -0.05) is 0 Å². The van der Waals surface area contributed by atoms with Crippen LogP contribution in [0, 0.1) is 0 Å². The van der Waals surface area contributed by atoms with Crippen LogP contribution in [-0.4, -0.2) is 91.9 Å². The van der Waals surface area contributed by atoms with Crippen molar-refractivity contribution in [1.29, 1.82) is 0 Å². The lowest BCUT2D eigenvalue weighted by molar-refractivity contribution is -0.0298. The molecule has 2 aliphatic heterocycles. The number of piperazine rings is 1. The average molecular weight is 337 g/mol. The van der Waals surface area contributed by atoms with Gasteiger partial charge >= 0.3 is 0 Å². The molecule has 6 nitrogen and oxygen atoms in total. The number of ether oxygens (including phenoxy) is 1. The second-order valence-electron chi connectivity index (χ2n) is 7.03. The molecule has 0 spiro atoms. The number of likely N-dealkylation sites (N-methyl/N-ethyl adjacent to an activating group) is 1. The Morgan fingerprint density at radius 1 is 1.21 bits per heavy atom. The Labute approximate surface area is 145 Å². The Morgan fingerprint density at radius 3 is 2.79 bits per heavy atom. The zero-order chi connectivity index (χ0) is 16.8. The second-order valence-corrected chi connectivity index (χ2v) is 7.03. The number of hydrogen-bond donors (Lipinski definition) is 1. The van der Waals surface area contributed by atoms with E-state index >= 15 is 0 Å². The summed E-state index contributed by atoms with van der Waals surface area (Å²) >= 11 is 0. The summed E-state index contributed by atoms with van der Waals surface area (Å²) in [5.74, 6) is 0.651. The smallest absolute Gasteiger partial charge is 0.132 e. The largest absolute Gasteiger partial charge is 0.467 e. The van der Waals surface area contributed by atoms with Gasteiger partial charge in [0.2, 0.25) is 0 Å². The fraction of sp³-hybridized carbons (Fsp3) is 0.778. The molecule has 2 atom stereocenters. The molecule has 1 aromatic rings. The number of rotatable bonds is 7. The van der Waals surface area contributed by atoms with Crippen LogP contribution in [0.15, 0.2) is 22.8 Å². The van der Waals surface area contributed by atoms with Crippen molar-refractivity contribution in [3.05, 3.63) is 24.2 Å². The van der Waals surface area contributed by atoms with Gasteiger partial charge in [0, 0.05) is 38.8 Å². The Balaban J connectivity index is 1.42. The Morgan fingerprint density at radius 2 is 2.04 bits per heavy atom. The van der Waals surface area contributed by atoms with Gasteiger partial charge in [-0.15, -0.1) is 0 Å². The molecule has 2 aliphatic rings. The molecule has 24 heavy (non-hydrogen) atoms. The first-order chi connectivity index (χ1) is 11.7. The first-order valence-electron chi connectivity index (χ1n) is 9.16. The summed E-state index contributed by atoms with van der Waals surface area (Å²) in [6, 6.07) is 3.93. The highest BCUT2D eigenvalue weighted by Crippen LogP contribution is 2.23. The van der Waals surface area contributed by atoms with E-state index in [1.54, 1.807) is 6.26 Å². The Bertz CT molecular complexity index is 460. The fourth-order valence-corrected chi connectivity index (χ4v) is 3.62. The molecule has 0 aromatic carbocycles. The van der Waals surface area contributed by atoms with E-state index in [1.807, 2.05) is 12.1 Å². The van der Waals surface area contributed by atoms with Crippen LogP contribution in [0.4, 0.5) is 0 Å². The number of nitrogens with zero attached hydrogens (tertiary/aromatic N) is 3. The topological polar surface area (TPSA) is 52.3 Å². The molecule has 0 amide bonds. The van der Waals surface area contributed by atoms with Crippen LogP contribution in [-0.2, 0) is 4.74 Å². The van der Waals surface area contributed by atoms with Crippen LogP contribution in [0.25, 0.3) is 0 Å².